The van der Waals surface area contributed by atoms with Gasteiger partial charge in [-0.3, -0.25) is 18.7 Å². The largest absolute Gasteiger partial charge is 0.461 e. The fourth-order valence-corrected chi connectivity index (χ4v) is 4.85. The number of esters is 2. The number of ether oxygens (including phenoxy) is 5. The number of nitrogens with zero attached hydrogens (tertiary/aromatic N) is 6. The van der Waals surface area contributed by atoms with Crippen LogP contribution in [0.1, 0.15) is 38.1 Å². The van der Waals surface area contributed by atoms with E-state index in [1.807, 2.05) is 0 Å². The van der Waals surface area contributed by atoms with Crippen LogP contribution in [-0.2, 0) is 33.3 Å². The molecule has 0 aliphatic carbocycles. The highest BCUT2D eigenvalue weighted by atomic mass is 16.6. The van der Waals surface area contributed by atoms with Crippen LogP contribution in [0.3, 0.4) is 0 Å². The highest BCUT2D eigenvalue weighted by Gasteiger charge is 2.30. The van der Waals surface area contributed by atoms with Gasteiger partial charge in [-0.05, 0) is 25.7 Å². The monoisotopic (exact) mass is 570 g/mol. The van der Waals surface area contributed by atoms with Crippen molar-refractivity contribution in [2.45, 2.75) is 50.3 Å². The van der Waals surface area contributed by atoms with Gasteiger partial charge in [0.05, 0.1) is 37.5 Å². The molecule has 2 aliphatic rings. The maximum atomic E-state index is 12.1. The Balaban J connectivity index is 0.873. The minimum absolute atomic E-state index is 0.0140. The van der Waals surface area contributed by atoms with E-state index in [4.69, 9.17) is 23.7 Å². The van der Waals surface area contributed by atoms with Crippen LogP contribution < -0.4 is 11.1 Å². The fourth-order valence-electron chi connectivity index (χ4n) is 4.85. The van der Waals surface area contributed by atoms with E-state index in [0.717, 1.165) is 0 Å². The van der Waals surface area contributed by atoms with E-state index in [1.165, 1.54) is 25.3 Å². The number of hydrogen-bond donors (Lipinski definition) is 2. The van der Waals surface area contributed by atoms with Crippen molar-refractivity contribution in [1.29, 1.82) is 0 Å². The number of rotatable bonds is 10. The van der Waals surface area contributed by atoms with Crippen molar-refractivity contribution in [3.63, 3.8) is 0 Å². The molecule has 17 heteroatoms. The van der Waals surface area contributed by atoms with E-state index in [9.17, 15) is 19.2 Å². The number of carbonyl (C=O) groups is 2. The molecule has 4 atom stereocenters. The van der Waals surface area contributed by atoms with Crippen LogP contribution in [0.2, 0.25) is 0 Å². The number of H-pyrrole nitrogens is 2. The second-order valence-corrected chi connectivity index (χ2v) is 9.55. The third kappa shape index (κ3) is 5.72. The lowest BCUT2D eigenvalue weighted by atomic mass is 10.2. The van der Waals surface area contributed by atoms with Crippen molar-refractivity contribution in [1.82, 2.24) is 39.0 Å². The molecule has 17 nitrogen and oxygen atoms in total. The van der Waals surface area contributed by atoms with Gasteiger partial charge in [-0.25, -0.2) is 29.5 Å². The zero-order valence-corrected chi connectivity index (χ0v) is 21.6. The molecular formula is C24H26N8O9. The van der Waals surface area contributed by atoms with Crippen molar-refractivity contribution in [3.05, 3.63) is 46.0 Å². The van der Waals surface area contributed by atoms with Crippen molar-refractivity contribution in [3.8, 4) is 0 Å². The first-order valence-corrected chi connectivity index (χ1v) is 13.0. The summed E-state index contributed by atoms with van der Waals surface area (Å²) in [6.45, 7) is -0.821. The minimum atomic E-state index is -0.645. The molecule has 0 saturated carbocycles. The molecule has 2 fully saturated rings. The van der Waals surface area contributed by atoms with Gasteiger partial charge < -0.3 is 33.7 Å². The number of carbonyl (C=O) groups excluding carboxylic acids is 2. The molecular weight excluding hydrogens is 544 g/mol. The third-order valence-electron chi connectivity index (χ3n) is 6.82. The Morgan fingerprint density at radius 2 is 1.22 bits per heavy atom. The van der Waals surface area contributed by atoms with Crippen LogP contribution in [0, 0.1) is 0 Å². The maximum absolute atomic E-state index is 12.1. The number of aromatic amines is 2. The molecule has 4 aromatic heterocycles. The molecule has 2 saturated heterocycles. The summed E-state index contributed by atoms with van der Waals surface area (Å²) < 4.78 is 30.8. The van der Waals surface area contributed by atoms with E-state index in [0.29, 0.717) is 37.0 Å². The molecule has 0 radical (unpaired) electrons. The van der Waals surface area contributed by atoms with Crippen LogP contribution in [-0.4, -0.2) is 89.6 Å². The highest BCUT2D eigenvalue weighted by Crippen LogP contribution is 2.31. The standard InChI is InChI=1S/C24H26N8O9/c33-17(38-5-13-1-3-15(40-13)31-11-29-19-21(31)25-9-27-23(19)35)7-37-8-18(34)39-6-14-2-4-16(41-14)32-12-30-20-22(32)26-10-28-24(20)36/h9-16H,1-8H2,(H,25,27,35)(H,26,28,36). The quantitative estimate of drug-likeness (QED) is 0.235. The van der Waals surface area contributed by atoms with E-state index < -0.39 is 25.2 Å². The molecule has 0 aromatic carbocycles. The van der Waals surface area contributed by atoms with Crippen molar-refractivity contribution in [2.75, 3.05) is 26.4 Å². The summed E-state index contributed by atoms with van der Waals surface area (Å²) in [4.78, 5) is 69.2. The average molecular weight is 571 g/mol. The Bertz CT molecular complexity index is 1550. The van der Waals surface area contributed by atoms with Crippen molar-refractivity contribution >= 4 is 34.3 Å². The Morgan fingerprint density at radius 1 is 0.756 bits per heavy atom. The second-order valence-electron chi connectivity index (χ2n) is 9.55. The summed E-state index contributed by atoms with van der Waals surface area (Å²) in [6, 6.07) is 0. The summed E-state index contributed by atoms with van der Waals surface area (Å²) in [5.41, 5.74) is 0.607. The van der Waals surface area contributed by atoms with E-state index in [-0.39, 0.29) is 60.0 Å². The zero-order valence-electron chi connectivity index (χ0n) is 21.6. The first-order valence-electron chi connectivity index (χ1n) is 13.0. The van der Waals surface area contributed by atoms with Crippen molar-refractivity contribution < 1.29 is 33.3 Å². The van der Waals surface area contributed by atoms with Crippen LogP contribution in [0.25, 0.3) is 22.3 Å². The molecule has 41 heavy (non-hydrogen) atoms. The van der Waals surface area contributed by atoms with Gasteiger partial charge in [0.25, 0.3) is 11.1 Å². The lowest BCUT2D eigenvalue weighted by molar-refractivity contribution is -0.160. The minimum Gasteiger partial charge on any atom is -0.461 e. The van der Waals surface area contributed by atoms with Crippen molar-refractivity contribution in [2.24, 2.45) is 0 Å². The van der Waals surface area contributed by atoms with Gasteiger partial charge in [0.2, 0.25) is 0 Å². The Kier molecular flexibility index (Phi) is 7.53. The van der Waals surface area contributed by atoms with Crippen LogP contribution in [0.5, 0.6) is 0 Å². The summed E-state index contributed by atoms with van der Waals surface area (Å²) in [5.74, 6) is -1.29. The molecule has 216 valence electrons. The lowest BCUT2D eigenvalue weighted by Crippen LogP contribution is -2.25. The number of hydrogen-bond acceptors (Lipinski definition) is 13. The molecule has 6 rings (SSSR count). The normalized spacial score (nSPS) is 22.4. The van der Waals surface area contributed by atoms with Gasteiger partial charge in [0.1, 0.15) is 38.9 Å². The average Bonchev–Trinajstić information content (AvgIpc) is 3.77. The number of aromatic nitrogens is 8. The SMILES string of the molecule is O=C(COCC(=O)OCC1CCC(n2cnc3c(=O)[nH]cnc32)O1)OCC1CCC(n2cnc3c(=O)[nH]cnc32)O1. The van der Waals surface area contributed by atoms with E-state index in [1.54, 1.807) is 9.13 Å². The topological polar surface area (TPSA) is 207 Å². The first-order chi connectivity index (χ1) is 20.0. The highest BCUT2D eigenvalue weighted by molar-refractivity contribution is 5.73. The van der Waals surface area contributed by atoms with Crippen LogP contribution >= 0.6 is 0 Å². The molecule has 0 amide bonds. The summed E-state index contributed by atoms with van der Waals surface area (Å²) in [7, 11) is 0. The molecule has 6 heterocycles. The van der Waals surface area contributed by atoms with E-state index in [2.05, 4.69) is 29.9 Å². The second kappa shape index (κ2) is 11.6. The first kappa shape index (κ1) is 26.7. The Labute approximate surface area is 229 Å². The third-order valence-corrected chi connectivity index (χ3v) is 6.82. The molecule has 0 spiro atoms. The maximum Gasteiger partial charge on any atom is 0.332 e. The van der Waals surface area contributed by atoms with Crippen LogP contribution in [0.15, 0.2) is 34.9 Å². The summed E-state index contributed by atoms with van der Waals surface area (Å²) in [5, 5.41) is 0. The number of nitrogens with one attached hydrogen (secondary N) is 2. The van der Waals surface area contributed by atoms with Gasteiger partial charge >= 0.3 is 11.9 Å². The molecule has 2 N–H and O–H groups in total. The fraction of sp³-hybridized carbons (Fsp3) is 0.500. The predicted octanol–water partition coefficient (Wildman–Crippen LogP) is -0.289. The Hall–Kier alpha value is -4.48. The van der Waals surface area contributed by atoms with Crippen LogP contribution in [0.4, 0.5) is 0 Å². The van der Waals surface area contributed by atoms with Gasteiger partial charge in [-0.15, -0.1) is 0 Å². The molecule has 4 aromatic rings. The molecule has 0 bridgehead atoms. The van der Waals surface area contributed by atoms with Gasteiger partial charge in [0, 0.05) is 0 Å². The lowest BCUT2D eigenvalue weighted by Gasteiger charge is -2.16. The zero-order chi connectivity index (χ0) is 28.3. The van der Waals surface area contributed by atoms with Gasteiger partial charge in [-0.2, -0.15) is 0 Å². The predicted molar refractivity (Wildman–Crippen MR) is 135 cm³/mol. The van der Waals surface area contributed by atoms with E-state index >= 15 is 0 Å². The number of fused-ring (bicyclic) bond motifs is 2. The van der Waals surface area contributed by atoms with Gasteiger partial charge in [0.15, 0.2) is 22.3 Å². The summed E-state index contributed by atoms with van der Waals surface area (Å²) >= 11 is 0. The molecule has 2 aliphatic heterocycles. The summed E-state index contributed by atoms with van der Waals surface area (Å²) in [6.07, 6.45) is 6.66. The van der Waals surface area contributed by atoms with Gasteiger partial charge in [-0.1, -0.05) is 0 Å². The Morgan fingerprint density at radius 3 is 1.68 bits per heavy atom. The molecule has 4 unspecified atom stereocenters. The smallest absolute Gasteiger partial charge is 0.332 e. The number of imidazole rings is 2.